The SMILES string of the molecule is NCCCC[C@H](NC(=O)[C@H](CCCN=C(N)N)CC(=O)[C@H](Cc1ccccc1)NC(=O)CCNC(=O)CCC(NC(=O)NCCCC(=O)O)C(=O)O)C(=O)O. The topological polar surface area (TPSA) is 348 Å². The van der Waals surface area contributed by atoms with Crippen molar-refractivity contribution < 1.29 is 53.7 Å². The van der Waals surface area contributed by atoms with Gasteiger partial charge in [0.2, 0.25) is 17.7 Å². The number of urea groups is 1. The van der Waals surface area contributed by atoms with E-state index in [4.69, 9.17) is 22.3 Å². The first-order valence-electron chi connectivity index (χ1n) is 18.0. The van der Waals surface area contributed by atoms with E-state index in [1.807, 2.05) is 0 Å². The molecule has 0 bridgehead atoms. The highest BCUT2D eigenvalue weighted by atomic mass is 16.4. The normalized spacial score (nSPS) is 12.8. The van der Waals surface area contributed by atoms with Gasteiger partial charge in [-0.1, -0.05) is 30.3 Å². The molecule has 55 heavy (non-hydrogen) atoms. The van der Waals surface area contributed by atoms with E-state index in [9.17, 15) is 48.6 Å². The van der Waals surface area contributed by atoms with Crippen LogP contribution in [0.15, 0.2) is 35.3 Å². The fourth-order valence-electron chi connectivity index (χ4n) is 5.25. The largest absolute Gasteiger partial charge is 0.481 e. The fraction of sp³-hybridized carbons (Fsp3) is 0.571. The second kappa shape index (κ2) is 26.9. The highest BCUT2D eigenvalue weighted by Gasteiger charge is 2.30. The molecule has 0 radical (unpaired) electrons. The molecular weight excluding hydrogens is 722 g/mol. The van der Waals surface area contributed by atoms with Gasteiger partial charge in [-0.25, -0.2) is 14.4 Å². The molecule has 0 saturated heterocycles. The lowest BCUT2D eigenvalue weighted by molar-refractivity contribution is -0.143. The highest BCUT2D eigenvalue weighted by molar-refractivity contribution is 5.93. The van der Waals surface area contributed by atoms with Crippen molar-refractivity contribution in [1.82, 2.24) is 26.6 Å². The van der Waals surface area contributed by atoms with Crippen molar-refractivity contribution >= 4 is 53.4 Å². The number of hydrogen-bond donors (Lipinski definition) is 11. The van der Waals surface area contributed by atoms with Gasteiger partial charge in [0, 0.05) is 51.2 Å². The lowest BCUT2D eigenvalue weighted by atomic mass is 9.90. The summed E-state index contributed by atoms with van der Waals surface area (Å²) in [7, 11) is 0. The summed E-state index contributed by atoms with van der Waals surface area (Å²) >= 11 is 0. The molecule has 14 N–H and O–H groups in total. The van der Waals surface area contributed by atoms with Crippen LogP contribution >= 0.6 is 0 Å². The number of benzene rings is 1. The zero-order valence-electron chi connectivity index (χ0n) is 30.8. The molecule has 1 aromatic rings. The third-order valence-corrected chi connectivity index (χ3v) is 8.18. The molecule has 0 aliphatic heterocycles. The summed E-state index contributed by atoms with van der Waals surface area (Å²) in [6, 6.07) is 4.26. The van der Waals surface area contributed by atoms with E-state index in [0.29, 0.717) is 31.4 Å². The quantitative estimate of drug-likeness (QED) is 0.0263. The molecule has 0 aliphatic rings. The van der Waals surface area contributed by atoms with Crippen LogP contribution < -0.4 is 43.8 Å². The van der Waals surface area contributed by atoms with Crippen LogP contribution in [0.25, 0.3) is 0 Å². The summed E-state index contributed by atoms with van der Waals surface area (Å²) in [6.45, 7) is 0.359. The second-order valence-corrected chi connectivity index (χ2v) is 12.7. The van der Waals surface area contributed by atoms with E-state index in [1.54, 1.807) is 30.3 Å². The summed E-state index contributed by atoms with van der Waals surface area (Å²) in [6.07, 6.45) is 0.467. The van der Waals surface area contributed by atoms with Crippen LogP contribution in [0.4, 0.5) is 4.79 Å². The molecule has 0 fully saturated rings. The maximum Gasteiger partial charge on any atom is 0.326 e. The van der Waals surface area contributed by atoms with Crippen LogP contribution in [-0.2, 0) is 40.0 Å². The zero-order chi connectivity index (χ0) is 41.2. The molecular formula is C35H55N9O11. The molecule has 0 aromatic heterocycles. The van der Waals surface area contributed by atoms with E-state index >= 15 is 0 Å². The van der Waals surface area contributed by atoms with Crippen LogP contribution in [-0.4, -0.2) is 113 Å². The number of guanidine groups is 1. The molecule has 0 saturated carbocycles. The van der Waals surface area contributed by atoms with Gasteiger partial charge in [-0.05, 0) is 63.5 Å². The third kappa shape index (κ3) is 22.1. The Balaban J connectivity index is 2.91. The summed E-state index contributed by atoms with van der Waals surface area (Å²) in [5.74, 6) is -7.13. The van der Waals surface area contributed by atoms with E-state index in [1.165, 1.54) is 0 Å². The van der Waals surface area contributed by atoms with Crippen LogP contribution in [0.1, 0.15) is 76.2 Å². The number of rotatable bonds is 29. The van der Waals surface area contributed by atoms with E-state index in [2.05, 4.69) is 31.6 Å². The number of amides is 5. The molecule has 4 atom stereocenters. The lowest BCUT2D eigenvalue weighted by Gasteiger charge is -2.23. The van der Waals surface area contributed by atoms with Crippen molar-refractivity contribution in [1.29, 1.82) is 0 Å². The molecule has 306 valence electrons. The van der Waals surface area contributed by atoms with Gasteiger partial charge in [0.25, 0.3) is 0 Å². The Hall–Kier alpha value is -5.79. The van der Waals surface area contributed by atoms with E-state index in [0.717, 1.165) is 0 Å². The Bertz CT molecular complexity index is 1460. The van der Waals surface area contributed by atoms with Gasteiger partial charge in [-0.2, -0.15) is 0 Å². The number of Topliss-reactive ketones (excluding diaryl/α,β-unsaturated/α-hetero) is 1. The van der Waals surface area contributed by atoms with Crippen LogP contribution in [0, 0.1) is 5.92 Å². The first-order valence-corrected chi connectivity index (χ1v) is 18.0. The summed E-state index contributed by atoms with van der Waals surface area (Å²) < 4.78 is 0. The molecule has 5 amide bonds. The molecule has 0 spiro atoms. The first-order chi connectivity index (χ1) is 26.1. The number of carbonyl (C=O) groups excluding carboxylic acids is 5. The maximum atomic E-state index is 13.8. The van der Waals surface area contributed by atoms with Gasteiger partial charge in [0.05, 0.1) is 6.04 Å². The number of carboxylic acid groups (broad SMARTS) is 3. The zero-order valence-corrected chi connectivity index (χ0v) is 30.8. The standard InChI is InChI=1S/C35H55N9O11/c36-16-5-4-11-24(32(51)52)43-31(50)23(10-6-17-40-34(37)38)21-27(45)26(20-22-8-2-1-3-9-22)42-29(47)15-19-39-28(46)14-13-25(33(53)54)44-35(55)41-18-7-12-30(48)49/h1-3,8-9,23-26H,4-7,10-21,36H2,(H,39,46)(H,42,47)(H,43,50)(H,48,49)(H,51,52)(H,53,54)(H4,37,38,40)(H2,41,44,55)/t23-,24+,25?,26+/m1/s1. The summed E-state index contributed by atoms with van der Waals surface area (Å²) in [4.78, 5) is 102. The molecule has 20 heteroatoms. The van der Waals surface area contributed by atoms with Crippen molar-refractivity contribution in [3.8, 4) is 0 Å². The summed E-state index contributed by atoms with van der Waals surface area (Å²) in [5, 5.41) is 40.0. The Morgan fingerprint density at radius 3 is 1.96 bits per heavy atom. The first kappa shape index (κ1) is 47.2. The minimum Gasteiger partial charge on any atom is -0.481 e. The Morgan fingerprint density at radius 2 is 1.35 bits per heavy atom. The minimum atomic E-state index is -1.41. The number of ketones is 1. The van der Waals surface area contributed by atoms with Crippen molar-refractivity contribution in [2.75, 3.05) is 26.2 Å². The van der Waals surface area contributed by atoms with Gasteiger partial charge in [-0.15, -0.1) is 0 Å². The second-order valence-electron chi connectivity index (χ2n) is 12.7. The van der Waals surface area contributed by atoms with Gasteiger partial charge >= 0.3 is 23.9 Å². The number of unbranched alkanes of at least 4 members (excludes halogenated alkanes) is 1. The summed E-state index contributed by atoms with van der Waals surface area (Å²) in [5.41, 5.74) is 17.0. The number of nitrogens with zero attached hydrogens (tertiary/aromatic N) is 1. The minimum absolute atomic E-state index is 0.00458. The number of hydrogen-bond acceptors (Lipinski definition) is 10. The van der Waals surface area contributed by atoms with Crippen molar-refractivity contribution in [3.05, 3.63) is 35.9 Å². The predicted octanol–water partition coefficient (Wildman–Crippen LogP) is -1.05. The predicted molar refractivity (Wildman–Crippen MR) is 199 cm³/mol. The van der Waals surface area contributed by atoms with Crippen molar-refractivity contribution in [3.63, 3.8) is 0 Å². The van der Waals surface area contributed by atoms with E-state index in [-0.39, 0.29) is 83.4 Å². The number of nitrogens with one attached hydrogen (secondary N) is 5. The lowest BCUT2D eigenvalue weighted by Crippen LogP contribution is -2.47. The Labute approximate surface area is 318 Å². The number of aliphatic imine (C=N–C) groups is 1. The maximum absolute atomic E-state index is 13.8. The van der Waals surface area contributed by atoms with Crippen LogP contribution in [0.5, 0.6) is 0 Å². The van der Waals surface area contributed by atoms with Gasteiger partial charge in [0.15, 0.2) is 11.7 Å². The fourth-order valence-corrected chi connectivity index (χ4v) is 5.25. The van der Waals surface area contributed by atoms with Gasteiger partial charge in [0.1, 0.15) is 12.1 Å². The molecule has 0 aliphatic carbocycles. The van der Waals surface area contributed by atoms with Gasteiger partial charge in [-0.3, -0.25) is 29.0 Å². The molecule has 1 aromatic carbocycles. The number of carboxylic acids is 3. The molecule has 20 nitrogen and oxygen atoms in total. The number of nitrogens with two attached hydrogens (primary N) is 3. The van der Waals surface area contributed by atoms with Gasteiger partial charge < -0.3 is 59.1 Å². The van der Waals surface area contributed by atoms with Crippen LogP contribution in [0.2, 0.25) is 0 Å². The average molecular weight is 778 g/mol. The number of aliphatic carboxylic acids is 3. The Kier molecular flexibility index (Phi) is 23.1. The average Bonchev–Trinajstić information content (AvgIpc) is 3.12. The Morgan fingerprint density at radius 1 is 0.673 bits per heavy atom. The molecule has 1 rings (SSSR count). The number of carbonyl (C=O) groups is 8. The molecule has 0 heterocycles. The van der Waals surface area contributed by atoms with Crippen molar-refractivity contribution in [2.45, 2.75) is 95.2 Å². The highest BCUT2D eigenvalue weighted by Crippen LogP contribution is 2.17. The molecule has 1 unspecified atom stereocenters. The monoisotopic (exact) mass is 777 g/mol. The third-order valence-electron chi connectivity index (χ3n) is 8.18. The van der Waals surface area contributed by atoms with E-state index < -0.39 is 71.5 Å². The van der Waals surface area contributed by atoms with Crippen molar-refractivity contribution in [2.24, 2.45) is 28.1 Å². The smallest absolute Gasteiger partial charge is 0.326 e. The van der Waals surface area contributed by atoms with Crippen LogP contribution in [0.3, 0.4) is 0 Å².